The molecular formula is C20H24O6. The van der Waals surface area contributed by atoms with Crippen molar-refractivity contribution in [3.63, 3.8) is 0 Å². The van der Waals surface area contributed by atoms with E-state index in [9.17, 15) is 14.7 Å². The van der Waals surface area contributed by atoms with Crippen molar-refractivity contribution in [2.75, 3.05) is 0 Å². The Bertz CT molecular complexity index is 797. The molecule has 1 spiro atoms. The summed E-state index contributed by atoms with van der Waals surface area (Å²) >= 11 is 0. The molecule has 4 fully saturated rings. The predicted octanol–water partition coefficient (Wildman–Crippen LogP) is 2.55. The Labute approximate surface area is 151 Å². The first-order valence-electron chi connectivity index (χ1n) is 9.33. The first kappa shape index (κ1) is 16.5. The fraction of sp³-hybridized carbons (Fsp3) is 0.700. The maximum absolute atomic E-state index is 13.2. The molecular weight excluding hydrogens is 336 g/mol. The maximum atomic E-state index is 13.2. The van der Waals surface area contributed by atoms with Crippen LogP contribution >= 0.6 is 0 Å². The summed E-state index contributed by atoms with van der Waals surface area (Å²) in [6.07, 6.45) is 4.81. The van der Waals surface area contributed by atoms with Crippen LogP contribution in [0.15, 0.2) is 23.0 Å². The first-order valence-corrected chi connectivity index (χ1v) is 9.33. The molecule has 1 N–H and O–H groups in total. The number of esters is 1. The highest BCUT2D eigenvalue weighted by Gasteiger charge is 2.80. The number of carbonyl (C=O) groups is 2. The van der Waals surface area contributed by atoms with Crippen LogP contribution in [0.4, 0.5) is 0 Å². The summed E-state index contributed by atoms with van der Waals surface area (Å²) in [5.41, 5.74) is -3.14. The van der Waals surface area contributed by atoms with Gasteiger partial charge in [0.25, 0.3) is 0 Å². The van der Waals surface area contributed by atoms with Crippen LogP contribution in [0.25, 0.3) is 0 Å². The van der Waals surface area contributed by atoms with Crippen molar-refractivity contribution in [2.24, 2.45) is 16.7 Å². The van der Waals surface area contributed by atoms with Gasteiger partial charge in [0.15, 0.2) is 5.78 Å². The highest BCUT2D eigenvalue weighted by atomic mass is 16.6. The summed E-state index contributed by atoms with van der Waals surface area (Å²) in [6, 6.07) is 1.76. The highest BCUT2D eigenvalue weighted by Crippen LogP contribution is 2.72. The van der Waals surface area contributed by atoms with Gasteiger partial charge in [0.1, 0.15) is 17.1 Å². The van der Waals surface area contributed by atoms with Crippen LogP contribution in [0.5, 0.6) is 0 Å². The van der Waals surface area contributed by atoms with E-state index in [1.807, 2.05) is 13.8 Å². The molecule has 2 aliphatic heterocycles. The third kappa shape index (κ3) is 1.62. The lowest BCUT2D eigenvalue weighted by Crippen LogP contribution is -2.69. The van der Waals surface area contributed by atoms with Crippen LogP contribution in [-0.4, -0.2) is 34.2 Å². The molecule has 2 aliphatic carbocycles. The summed E-state index contributed by atoms with van der Waals surface area (Å²) in [5, 5.41) is 11.3. The molecule has 2 saturated heterocycles. The van der Waals surface area contributed by atoms with E-state index in [1.165, 1.54) is 13.2 Å². The second kappa shape index (κ2) is 4.60. The molecule has 6 heteroatoms. The molecule has 0 amide bonds. The molecule has 0 bridgehead atoms. The number of fused-ring (bicyclic) bond motifs is 4. The number of ether oxygens (including phenoxy) is 2. The molecule has 3 heterocycles. The van der Waals surface area contributed by atoms with Gasteiger partial charge in [-0.25, -0.2) is 0 Å². The number of cyclic esters (lactones) is 1. The van der Waals surface area contributed by atoms with Crippen molar-refractivity contribution >= 4 is 11.8 Å². The number of carbonyl (C=O) groups excluding carboxylic acids is 2. The van der Waals surface area contributed by atoms with Gasteiger partial charge in [-0.2, -0.15) is 0 Å². The lowest BCUT2D eigenvalue weighted by molar-refractivity contribution is -0.203. The van der Waals surface area contributed by atoms with Gasteiger partial charge in [-0.15, -0.1) is 0 Å². The number of hydrogen-bond acceptors (Lipinski definition) is 6. The molecule has 1 aromatic heterocycles. The van der Waals surface area contributed by atoms with Crippen molar-refractivity contribution in [1.82, 2.24) is 0 Å². The van der Waals surface area contributed by atoms with E-state index in [0.29, 0.717) is 0 Å². The molecule has 0 aromatic carbocycles. The number of Topliss-reactive ketones (excluding diaryl/α,β-unsaturated/α-hetero) is 1. The molecule has 0 unspecified atom stereocenters. The monoisotopic (exact) mass is 360 g/mol. The average molecular weight is 360 g/mol. The zero-order valence-corrected chi connectivity index (χ0v) is 15.3. The second-order valence-electron chi connectivity index (χ2n) is 9.06. The zero-order chi connectivity index (χ0) is 18.5. The van der Waals surface area contributed by atoms with E-state index in [4.69, 9.17) is 13.9 Å². The number of rotatable bonds is 1. The van der Waals surface area contributed by atoms with Crippen molar-refractivity contribution in [1.29, 1.82) is 0 Å². The van der Waals surface area contributed by atoms with Crippen LogP contribution in [0.2, 0.25) is 0 Å². The molecule has 4 aliphatic rings. The fourth-order valence-electron chi connectivity index (χ4n) is 6.24. The Balaban J connectivity index is 1.65. The summed E-state index contributed by atoms with van der Waals surface area (Å²) in [5.74, 6) is -0.935. The van der Waals surface area contributed by atoms with E-state index in [-0.39, 0.29) is 30.6 Å². The van der Waals surface area contributed by atoms with Gasteiger partial charge in [0.2, 0.25) is 0 Å². The molecule has 26 heavy (non-hydrogen) atoms. The Kier molecular flexibility index (Phi) is 2.92. The largest absolute Gasteiger partial charge is 0.472 e. The molecule has 2 saturated carbocycles. The zero-order valence-electron chi connectivity index (χ0n) is 15.3. The van der Waals surface area contributed by atoms with Gasteiger partial charge in [0.05, 0.1) is 24.2 Å². The lowest BCUT2D eigenvalue weighted by Gasteiger charge is -2.58. The average Bonchev–Trinajstić information content (AvgIpc) is 2.95. The van der Waals surface area contributed by atoms with Crippen LogP contribution in [0.1, 0.15) is 58.1 Å². The summed E-state index contributed by atoms with van der Waals surface area (Å²) in [6.45, 7) is 5.58. The molecule has 6 nitrogen and oxygen atoms in total. The van der Waals surface area contributed by atoms with E-state index in [2.05, 4.69) is 0 Å². The van der Waals surface area contributed by atoms with Crippen molar-refractivity contribution in [3.8, 4) is 0 Å². The van der Waals surface area contributed by atoms with Gasteiger partial charge in [0, 0.05) is 23.8 Å². The number of furan rings is 1. The number of aliphatic hydroxyl groups is 1. The maximum Gasteiger partial charge on any atom is 0.316 e. The lowest BCUT2D eigenvalue weighted by atomic mass is 9.42. The predicted molar refractivity (Wildman–Crippen MR) is 88.9 cm³/mol. The summed E-state index contributed by atoms with van der Waals surface area (Å²) in [7, 11) is 0. The normalized spacial score (nSPS) is 52.5. The molecule has 7 atom stereocenters. The molecule has 140 valence electrons. The second-order valence-corrected chi connectivity index (χ2v) is 9.06. The molecule has 1 aromatic rings. The molecule has 0 radical (unpaired) electrons. The Hall–Kier alpha value is -1.66. The smallest absolute Gasteiger partial charge is 0.316 e. The highest BCUT2D eigenvalue weighted by molar-refractivity contribution is 5.97. The van der Waals surface area contributed by atoms with Gasteiger partial charge in [-0.1, -0.05) is 6.92 Å². The van der Waals surface area contributed by atoms with Crippen LogP contribution < -0.4 is 0 Å². The minimum atomic E-state index is -1.75. The third-order valence-electron chi connectivity index (χ3n) is 8.14. The first-order chi connectivity index (χ1) is 12.2. The SMILES string of the molecule is C[C@]1(O)C(=O)C[C@]2(C)[C@H](CC[C@H]3O[C@@]32C)[C@@]12C[C@H](c1ccoc1)OC2=O. The quantitative estimate of drug-likeness (QED) is 0.611. The Morgan fingerprint density at radius 3 is 2.65 bits per heavy atom. The van der Waals surface area contributed by atoms with Gasteiger partial charge in [-0.05, 0) is 38.7 Å². The van der Waals surface area contributed by atoms with E-state index >= 15 is 0 Å². The topological polar surface area (TPSA) is 89.3 Å². The van der Waals surface area contributed by atoms with Crippen molar-refractivity contribution in [2.45, 2.75) is 69.9 Å². The number of ketones is 1. The van der Waals surface area contributed by atoms with E-state index in [0.717, 1.165) is 18.4 Å². The van der Waals surface area contributed by atoms with Crippen LogP contribution in [0, 0.1) is 16.7 Å². The standard InChI is InChI=1S/C20H24O6/c1-17-9-14(21)18(2,23)20(13(17)4-5-15-19(17,3)26-15)8-12(25-16(20)22)11-6-7-24-10-11/h6-7,10,12-13,15,23H,4-5,8-9H2,1-3H3/t12-,13+,15-,17-,18+,19+,20-/m1/s1. The van der Waals surface area contributed by atoms with Crippen LogP contribution in [-0.2, 0) is 19.1 Å². The molecule has 5 rings (SSSR count). The third-order valence-corrected chi connectivity index (χ3v) is 8.14. The minimum absolute atomic E-state index is 0.138. The summed E-state index contributed by atoms with van der Waals surface area (Å²) in [4.78, 5) is 26.3. The number of hydrogen-bond donors (Lipinski definition) is 1. The summed E-state index contributed by atoms with van der Waals surface area (Å²) < 4.78 is 16.8. The van der Waals surface area contributed by atoms with Gasteiger partial charge >= 0.3 is 5.97 Å². The van der Waals surface area contributed by atoms with Gasteiger partial charge < -0.3 is 19.0 Å². The fourth-order valence-corrected chi connectivity index (χ4v) is 6.24. The van der Waals surface area contributed by atoms with Crippen LogP contribution in [0.3, 0.4) is 0 Å². The van der Waals surface area contributed by atoms with E-state index in [1.54, 1.807) is 12.3 Å². The minimum Gasteiger partial charge on any atom is -0.472 e. The Morgan fingerprint density at radius 1 is 1.19 bits per heavy atom. The van der Waals surface area contributed by atoms with Crippen molar-refractivity contribution in [3.05, 3.63) is 24.2 Å². The van der Waals surface area contributed by atoms with E-state index < -0.39 is 34.1 Å². The Morgan fingerprint density at radius 2 is 1.96 bits per heavy atom. The van der Waals surface area contributed by atoms with Gasteiger partial charge in [-0.3, -0.25) is 9.59 Å². The number of epoxide rings is 1. The van der Waals surface area contributed by atoms with Crippen molar-refractivity contribution < 1.29 is 28.6 Å².